The first-order valence-electron chi connectivity index (χ1n) is 5.67. The van der Waals surface area contributed by atoms with Gasteiger partial charge >= 0.3 is 0 Å². The maximum absolute atomic E-state index is 12.5. The Kier molecular flexibility index (Phi) is 4.98. The van der Waals surface area contributed by atoms with Crippen molar-refractivity contribution in [1.82, 2.24) is 0 Å². The lowest BCUT2D eigenvalue weighted by Gasteiger charge is -2.11. The average molecular weight is 413 g/mol. The minimum atomic E-state index is -0.876. The molecule has 0 N–H and O–H groups in total. The van der Waals surface area contributed by atoms with E-state index in [0.29, 0.717) is 20.6 Å². The van der Waals surface area contributed by atoms with Gasteiger partial charge in [-0.1, -0.05) is 55.6 Å². The van der Waals surface area contributed by atoms with Crippen molar-refractivity contribution in [3.05, 3.63) is 67.6 Å². The zero-order valence-corrected chi connectivity index (χ0v) is 14.0. The van der Waals surface area contributed by atoms with Gasteiger partial charge in [0, 0.05) is 19.5 Å². The lowest BCUT2D eigenvalue weighted by molar-refractivity contribution is 0.0978. The summed E-state index contributed by atoms with van der Waals surface area (Å²) < 4.78 is 1.44. The van der Waals surface area contributed by atoms with Crippen molar-refractivity contribution in [3.63, 3.8) is 0 Å². The molecule has 0 aliphatic carbocycles. The molecule has 0 fully saturated rings. The van der Waals surface area contributed by atoms with Crippen LogP contribution in [0.25, 0.3) is 0 Å². The van der Waals surface area contributed by atoms with E-state index in [0.717, 1.165) is 4.47 Å². The van der Waals surface area contributed by atoms with E-state index in [1.807, 2.05) is 12.1 Å². The van der Waals surface area contributed by atoms with Gasteiger partial charge in [0.2, 0.25) is 0 Å². The predicted molar refractivity (Wildman–Crippen MR) is 86.0 cm³/mol. The van der Waals surface area contributed by atoms with Crippen LogP contribution in [0.3, 0.4) is 0 Å². The highest BCUT2D eigenvalue weighted by Crippen LogP contribution is 2.28. The molecule has 0 saturated heterocycles. The van der Waals surface area contributed by atoms with Gasteiger partial charge in [-0.15, -0.1) is 0 Å². The van der Waals surface area contributed by atoms with Gasteiger partial charge in [-0.05, 0) is 35.9 Å². The van der Waals surface area contributed by atoms with Crippen LogP contribution in [-0.4, -0.2) is 5.78 Å². The maximum atomic E-state index is 12.5. The van der Waals surface area contributed by atoms with Crippen molar-refractivity contribution in [2.75, 3.05) is 0 Å². The van der Waals surface area contributed by atoms with Gasteiger partial charge in [0.1, 0.15) is 5.92 Å². The Morgan fingerprint density at radius 1 is 1.20 bits per heavy atom. The van der Waals surface area contributed by atoms with Crippen molar-refractivity contribution in [3.8, 4) is 6.07 Å². The molecule has 0 spiro atoms. The summed E-state index contributed by atoms with van der Waals surface area (Å²) in [5.74, 6) is -1.14. The molecular weight excluding hydrogens is 405 g/mol. The van der Waals surface area contributed by atoms with E-state index >= 15 is 0 Å². The molecule has 0 amide bonds. The van der Waals surface area contributed by atoms with Crippen LogP contribution in [-0.2, 0) is 0 Å². The molecule has 5 heteroatoms. The number of ketones is 1. The quantitative estimate of drug-likeness (QED) is 0.636. The number of carbonyl (C=O) groups excluding carboxylic acids is 1. The van der Waals surface area contributed by atoms with E-state index in [9.17, 15) is 10.1 Å². The Labute approximate surface area is 138 Å². The summed E-state index contributed by atoms with van der Waals surface area (Å²) in [7, 11) is 0. The summed E-state index contributed by atoms with van der Waals surface area (Å²) in [6.07, 6.45) is 0. The molecule has 1 unspecified atom stereocenters. The summed E-state index contributed by atoms with van der Waals surface area (Å²) in [4.78, 5) is 12.5. The number of hydrogen-bond acceptors (Lipinski definition) is 2. The summed E-state index contributed by atoms with van der Waals surface area (Å²) in [5, 5.41) is 9.82. The van der Waals surface area contributed by atoms with Crippen molar-refractivity contribution in [2.45, 2.75) is 5.92 Å². The molecule has 20 heavy (non-hydrogen) atoms. The Bertz CT molecular complexity index is 709. The van der Waals surface area contributed by atoms with E-state index in [2.05, 4.69) is 31.9 Å². The van der Waals surface area contributed by atoms with E-state index in [1.165, 1.54) is 0 Å². The first-order valence-corrected chi connectivity index (χ1v) is 7.63. The third-order valence-corrected chi connectivity index (χ3v) is 4.19. The van der Waals surface area contributed by atoms with Crippen molar-refractivity contribution in [2.24, 2.45) is 0 Å². The second-order valence-electron chi connectivity index (χ2n) is 4.11. The minimum Gasteiger partial charge on any atom is -0.292 e. The van der Waals surface area contributed by atoms with Crippen LogP contribution in [0.15, 0.2) is 51.4 Å². The third kappa shape index (κ3) is 3.29. The summed E-state index contributed by atoms with van der Waals surface area (Å²) in [5.41, 5.74) is 1.06. The fourth-order valence-electron chi connectivity index (χ4n) is 1.81. The molecule has 100 valence electrons. The largest absolute Gasteiger partial charge is 0.292 e. The molecule has 0 aliphatic heterocycles. The monoisotopic (exact) mass is 411 g/mol. The summed E-state index contributed by atoms with van der Waals surface area (Å²) in [6.45, 7) is 0. The smallest absolute Gasteiger partial charge is 0.185 e. The van der Waals surface area contributed by atoms with Crippen LogP contribution < -0.4 is 0 Å². The lowest BCUT2D eigenvalue weighted by Crippen LogP contribution is -2.12. The van der Waals surface area contributed by atoms with Gasteiger partial charge in [0.05, 0.1) is 6.07 Å². The number of benzene rings is 2. The summed E-state index contributed by atoms with van der Waals surface area (Å²) in [6, 6.07) is 14.1. The van der Waals surface area contributed by atoms with Gasteiger partial charge in [0.25, 0.3) is 0 Å². The fourth-order valence-corrected chi connectivity index (χ4v) is 2.81. The lowest BCUT2D eigenvalue weighted by atomic mass is 9.92. The fraction of sp³-hybridized carbons (Fsp3) is 0.0667. The Morgan fingerprint density at radius 3 is 2.60 bits per heavy atom. The predicted octanol–water partition coefficient (Wildman–Crippen LogP) is 5.36. The molecule has 2 aromatic rings. The van der Waals surface area contributed by atoms with Crippen molar-refractivity contribution in [1.29, 1.82) is 5.26 Å². The number of Topliss-reactive ketones (excluding diaryl/α,β-unsaturated/α-hetero) is 1. The van der Waals surface area contributed by atoms with E-state index in [1.54, 1.807) is 36.4 Å². The Hall–Kier alpha value is -1.15. The molecule has 0 heterocycles. The number of nitrogens with zero attached hydrogens (tertiary/aromatic N) is 1. The van der Waals surface area contributed by atoms with Crippen LogP contribution >= 0.6 is 43.5 Å². The molecule has 2 rings (SSSR count). The van der Waals surface area contributed by atoms with Crippen molar-refractivity contribution < 1.29 is 4.79 Å². The van der Waals surface area contributed by atoms with Crippen LogP contribution in [0.1, 0.15) is 21.8 Å². The molecule has 0 aromatic heterocycles. The molecule has 0 aliphatic rings. The first-order chi connectivity index (χ1) is 9.52. The van der Waals surface area contributed by atoms with E-state index < -0.39 is 5.92 Å². The van der Waals surface area contributed by atoms with Gasteiger partial charge in [-0.3, -0.25) is 4.79 Å². The molecule has 0 radical (unpaired) electrons. The van der Waals surface area contributed by atoms with E-state index in [4.69, 9.17) is 11.6 Å². The highest BCUT2D eigenvalue weighted by Gasteiger charge is 2.23. The highest BCUT2D eigenvalue weighted by atomic mass is 79.9. The van der Waals surface area contributed by atoms with Crippen LogP contribution in [0, 0.1) is 11.3 Å². The second-order valence-corrected chi connectivity index (χ2v) is 6.31. The molecule has 0 saturated carbocycles. The number of hydrogen-bond donors (Lipinski definition) is 0. The molecule has 0 bridgehead atoms. The van der Waals surface area contributed by atoms with E-state index in [-0.39, 0.29) is 5.78 Å². The van der Waals surface area contributed by atoms with Gasteiger partial charge in [0.15, 0.2) is 5.78 Å². The standard InChI is InChI=1S/C15H8Br2ClNO/c16-10-4-5-14(17)12(7-10)15(20)13(8-19)9-2-1-3-11(18)6-9/h1-7,13H. The number of nitriles is 1. The average Bonchev–Trinajstić information content (AvgIpc) is 2.42. The first kappa shape index (κ1) is 15.2. The highest BCUT2D eigenvalue weighted by molar-refractivity contribution is 9.11. The molecular formula is C15H8Br2ClNO. The second kappa shape index (κ2) is 6.53. The molecule has 1 atom stereocenters. The summed E-state index contributed by atoms with van der Waals surface area (Å²) >= 11 is 12.6. The number of carbonyl (C=O) groups is 1. The topological polar surface area (TPSA) is 40.9 Å². The van der Waals surface area contributed by atoms with Crippen LogP contribution in [0.4, 0.5) is 0 Å². The van der Waals surface area contributed by atoms with Crippen LogP contribution in [0.5, 0.6) is 0 Å². The van der Waals surface area contributed by atoms with Gasteiger partial charge in [-0.2, -0.15) is 5.26 Å². The van der Waals surface area contributed by atoms with Crippen LogP contribution in [0.2, 0.25) is 5.02 Å². The SMILES string of the molecule is N#CC(C(=O)c1cc(Br)ccc1Br)c1cccc(Cl)c1. The number of halogens is 3. The Balaban J connectivity index is 2.45. The number of rotatable bonds is 3. The molecule has 2 aromatic carbocycles. The Morgan fingerprint density at radius 2 is 1.95 bits per heavy atom. The minimum absolute atomic E-state index is 0.261. The van der Waals surface area contributed by atoms with Gasteiger partial charge < -0.3 is 0 Å². The zero-order chi connectivity index (χ0) is 14.7. The normalized spacial score (nSPS) is 11.7. The van der Waals surface area contributed by atoms with Crippen molar-refractivity contribution >= 4 is 49.2 Å². The maximum Gasteiger partial charge on any atom is 0.185 e. The molecule has 2 nitrogen and oxygen atoms in total. The third-order valence-electron chi connectivity index (χ3n) is 2.77. The van der Waals surface area contributed by atoms with Gasteiger partial charge in [-0.25, -0.2) is 0 Å². The zero-order valence-electron chi connectivity index (χ0n) is 10.1.